The molecular formula is C25H27N9O2. The van der Waals surface area contributed by atoms with Gasteiger partial charge in [-0.05, 0) is 38.1 Å². The van der Waals surface area contributed by atoms with Crippen molar-refractivity contribution in [2.75, 3.05) is 36.5 Å². The molecule has 1 saturated heterocycles. The molecule has 4 aromatic heterocycles. The fourth-order valence-electron chi connectivity index (χ4n) is 4.59. The van der Waals surface area contributed by atoms with Crippen molar-refractivity contribution in [1.82, 2.24) is 34.7 Å². The summed E-state index contributed by atoms with van der Waals surface area (Å²) in [5, 5.41) is 8.17. The molecule has 11 nitrogen and oxygen atoms in total. The van der Waals surface area contributed by atoms with E-state index < -0.39 is 0 Å². The van der Waals surface area contributed by atoms with Crippen molar-refractivity contribution in [3.8, 4) is 11.4 Å². The molecule has 1 aliphatic heterocycles. The predicted molar refractivity (Wildman–Crippen MR) is 138 cm³/mol. The van der Waals surface area contributed by atoms with Crippen LogP contribution in [0.5, 0.6) is 0 Å². The fourth-order valence-corrected chi connectivity index (χ4v) is 4.59. The van der Waals surface area contributed by atoms with Crippen LogP contribution in [0.4, 0.5) is 11.4 Å². The van der Waals surface area contributed by atoms with Gasteiger partial charge in [0.05, 0.1) is 41.5 Å². The van der Waals surface area contributed by atoms with Gasteiger partial charge in [0.25, 0.3) is 5.56 Å². The maximum Gasteiger partial charge on any atom is 0.261 e. The van der Waals surface area contributed by atoms with E-state index in [9.17, 15) is 4.79 Å². The lowest BCUT2D eigenvalue weighted by molar-refractivity contribution is 0.122. The Morgan fingerprint density at radius 2 is 1.94 bits per heavy atom. The van der Waals surface area contributed by atoms with E-state index in [1.54, 1.807) is 23.1 Å². The average molecular weight is 486 g/mol. The zero-order valence-corrected chi connectivity index (χ0v) is 20.2. The van der Waals surface area contributed by atoms with Gasteiger partial charge in [0.2, 0.25) is 0 Å². The lowest BCUT2D eigenvalue weighted by Gasteiger charge is -2.28. The number of pyridine rings is 1. The second-order valence-corrected chi connectivity index (χ2v) is 8.81. The van der Waals surface area contributed by atoms with Gasteiger partial charge < -0.3 is 24.9 Å². The Morgan fingerprint density at radius 1 is 1.14 bits per heavy atom. The summed E-state index contributed by atoms with van der Waals surface area (Å²) in [5.74, 6) is 1.09. The SMILES string of the molecule is CCn1cc2[nH]c(=O)c(-c3nc4ccc(N5CCOCC5)cc4[nH]3)c(N[C@@H](C)c3ncccn3)c2n1. The summed E-state index contributed by atoms with van der Waals surface area (Å²) >= 11 is 0. The third kappa shape index (κ3) is 3.97. The molecular weight excluding hydrogens is 458 g/mol. The highest BCUT2D eigenvalue weighted by Gasteiger charge is 2.23. The van der Waals surface area contributed by atoms with Crippen LogP contribution in [0.15, 0.2) is 47.7 Å². The van der Waals surface area contributed by atoms with Crippen molar-refractivity contribution < 1.29 is 4.74 Å². The first-order valence-electron chi connectivity index (χ1n) is 12.1. The minimum absolute atomic E-state index is 0.255. The molecule has 11 heteroatoms. The van der Waals surface area contributed by atoms with E-state index >= 15 is 0 Å². The molecule has 36 heavy (non-hydrogen) atoms. The number of aromatic nitrogens is 7. The number of H-pyrrole nitrogens is 2. The van der Waals surface area contributed by atoms with Gasteiger partial charge in [-0.1, -0.05) is 0 Å². The minimum Gasteiger partial charge on any atom is -0.378 e. The Balaban J connectivity index is 1.48. The van der Waals surface area contributed by atoms with Crippen molar-refractivity contribution in [2.24, 2.45) is 0 Å². The van der Waals surface area contributed by atoms with Crippen molar-refractivity contribution in [3.05, 3.63) is 59.0 Å². The Hall–Kier alpha value is -4.25. The molecule has 0 saturated carbocycles. The van der Waals surface area contributed by atoms with Crippen LogP contribution in [0, 0.1) is 0 Å². The van der Waals surface area contributed by atoms with Crippen LogP contribution < -0.4 is 15.8 Å². The summed E-state index contributed by atoms with van der Waals surface area (Å²) in [6, 6.07) is 7.62. The number of nitrogens with one attached hydrogen (secondary N) is 3. The molecule has 6 rings (SSSR count). The quantitative estimate of drug-likeness (QED) is 0.335. The van der Waals surface area contributed by atoms with E-state index in [1.165, 1.54) is 0 Å². The molecule has 0 aliphatic carbocycles. The van der Waals surface area contributed by atoms with E-state index in [2.05, 4.69) is 42.3 Å². The highest BCUT2D eigenvalue weighted by molar-refractivity contribution is 5.96. The Labute approximate surface area is 206 Å². The number of aromatic amines is 2. The molecule has 184 valence electrons. The molecule has 0 bridgehead atoms. The van der Waals surface area contributed by atoms with Crippen molar-refractivity contribution >= 4 is 33.4 Å². The number of hydrogen-bond acceptors (Lipinski definition) is 8. The molecule has 5 aromatic rings. The first kappa shape index (κ1) is 22.2. The second-order valence-electron chi connectivity index (χ2n) is 8.81. The first-order valence-corrected chi connectivity index (χ1v) is 12.1. The zero-order chi connectivity index (χ0) is 24.6. The summed E-state index contributed by atoms with van der Waals surface area (Å²) < 4.78 is 7.28. The van der Waals surface area contributed by atoms with Crippen LogP contribution in [0.25, 0.3) is 33.5 Å². The normalized spacial score (nSPS) is 15.0. The van der Waals surface area contributed by atoms with Crippen LogP contribution in [-0.4, -0.2) is 61.0 Å². The topological polar surface area (TPSA) is 130 Å². The number of anilines is 2. The van der Waals surface area contributed by atoms with E-state index in [4.69, 9.17) is 14.8 Å². The Bertz CT molecular complexity index is 1580. The maximum atomic E-state index is 13.4. The monoisotopic (exact) mass is 485 g/mol. The second kappa shape index (κ2) is 9.08. The van der Waals surface area contributed by atoms with E-state index in [0.717, 1.165) is 29.8 Å². The number of rotatable bonds is 6. The van der Waals surface area contributed by atoms with Gasteiger partial charge >= 0.3 is 0 Å². The van der Waals surface area contributed by atoms with Gasteiger partial charge in [-0.3, -0.25) is 9.48 Å². The van der Waals surface area contributed by atoms with Crippen LogP contribution in [0.3, 0.4) is 0 Å². The smallest absolute Gasteiger partial charge is 0.261 e. The van der Waals surface area contributed by atoms with Crippen LogP contribution in [0.2, 0.25) is 0 Å². The van der Waals surface area contributed by atoms with Crippen LogP contribution in [-0.2, 0) is 11.3 Å². The molecule has 1 fully saturated rings. The Morgan fingerprint density at radius 3 is 2.72 bits per heavy atom. The number of imidazole rings is 1. The first-order chi connectivity index (χ1) is 17.6. The lowest BCUT2D eigenvalue weighted by Crippen LogP contribution is -2.36. The van der Waals surface area contributed by atoms with Gasteiger partial charge in [-0.2, -0.15) is 5.10 Å². The van der Waals surface area contributed by atoms with Gasteiger partial charge in [0, 0.05) is 43.9 Å². The zero-order valence-electron chi connectivity index (χ0n) is 20.2. The van der Waals surface area contributed by atoms with Crippen molar-refractivity contribution in [2.45, 2.75) is 26.4 Å². The Kier molecular flexibility index (Phi) is 5.61. The number of fused-ring (bicyclic) bond motifs is 2. The van der Waals surface area contributed by atoms with E-state index in [0.29, 0.717) is 53.7 Å². The molecule has 5 heterocycles. The average Bonchev–Trinajstić information content (AvgIpc) is 3.53. The van der Waals surface area contributed by atoms with Gasteiger partial charge in [-0.25, -0.2) is 15.0 Å². The number of ether oxygens (including phenoxy) is 1. The van der Waals surface area contributed by atoms with Crippen LogP contribution in [0.1, 0.15) is 25.7 Å². The molecule has 1 aliphatic rings. The number of benzene rings is 1. The van der Waals surface area contributed by atoms with Gasteiger partial charge in [-0.15, -0.1) is 0 Å². The third-order valence-electron chi connectivity index (χ3n) is 6.46. The summed E-state index contributed by atoms with van der Waals surface area (Å²) in [7, 11) is 0. The molecule has 0 radical (unpaired) electrons. The number of morpholine rings is 1. The standard InChI is InChI=1S/C25H27N9O2/c1-3-34-14-19-21(32-34)22(28-15(2)23-26-7-4-8-27-23)20(25(35)31-19)24-29-17-6-5-16(13-18(17)30-24)33-9-11-36-12-10-33/h4-8,13-15,28H,3,9-12H2,1-2H3,(H,29,30)(H,31,35)/t15-/m0/s1. The highest BCUT2D eigenvalue weighted by atomic mass is 16.5. The largest absolute Gasteiger partial charge is 0.378 e. The van der Waals surface area contributed by atoms with E-state index in [-0.39, 0.29) is 11.6 Å². The van der Waals surface area contributed by atoms with E-state index in [1.807, 2.05) is 26.1 Å². The summed E-state index contributed by atoms with van der Waals surface area (Å²) in [6.07, 6.45) is 5.24. The highest BCUT2D eigenvalue weighted by Crippen LogP contribution is 2.33. The maximum absolute atomic E-state index is 13.4. The lowest BCUT2D eigenvalue weighted by atomic mass is 10.1. The van der Waals surface area contributed by atoms with Gasteiger partial charge in [0.15, 0.2) is 0 Å². The summed E-state index contributed by atoms with van der Waals surface area (Å²) in [4.78, 5) is 35.6. The van der Waals surface area contributed by atoms with Crippen molar-refractivity contribution in [3.63, 3.8) is 0 Å². The molecule has 1 aromatic carbocycles. The molecule has 1 atom stereocenters. The van der Waals surface area contributed by atoms with Gasteiger partial charge in [0.1, 0.15) is 22.7 Å². The van der Waals surface area contributed by atoms with Crippen molar-refractivity contribution in [1.29, 1.82) is 0 Å². The summed E-state index contributed by atoms with van der Waals surface area (Å²) in [6.45, 7) is 7.75. The number of aryl methyl sites for hydroxylation is 1. The number of hydrogen-bond donors (Lipinski definition) is 3. The fraction of sp³-hybridized carbons (Fsp3) is 0.320. The molecule has 0 spiro atoms. The number of nitrogens with zero attached hydrogens (tertiary/aromatic N) is 6. The summed E-state index contributed by atoms with van der Waals surface area (Å²) in [5.41, 5.74) is 4.78. The minimum atomic E-state index is -0.265. The van der Waals surface area contributed by atoms with Crippen LogP contribution >= 0.6 is 0 Å². The molecule has 3 N–H and O–H groups in total. The third-order valence-corrected chi connectivity index (χ3v) is 6.46. The predicted octanol–water partition coefficient (Wildman–Crippen LogP) is 3.09. The molecule has 0 amide bonds. The molecule has 0 unspecified atom stereocenters.